The van der Waals surface area contributed by atoms with Crippen molar-refractivity contribution in [2.24, 2.45) is 12.8 Å². The average Bonchev–Trinajstić information content (AvgIpc) is 2.89. The van der Waals surface area contributed by atoms with Crippen LogP contribution >= 0.6 is 0 Å². The van der Waals surface area contributed by atoms with Crippen LogP contribution in [0.1, 0.15) is 39.7 Å². The van der Waals surface area contributed by atoms with Crippen LogP contribution in [0.3, 0.4) is 0 Å². The number of anilines is 3. The number of aromatic nitrogens is 2. The van der Waals surface area contributed by atoms with Crippen molar-refractivity contribution in [2.75, 3.05) is 36.5 Å². The molecular weight excluding hydrogens is 457 g/mol. The molecule has 3 N–H and O–H groups in total. The van der Waals surface area contributed by atoms with Crippen molar-refractivity contribution in [3.8, 4) is 0 Å². The van der Waals surface area contributed by atoms with Crippen LogP contribution in [0, 0.1) is 5.82 Å². The SMILES string of the molecule is CCOCCN(CC)c1ccc(Nc2cc3c(F)c(C(/C=C\N)=C(/C)CC)ccc3n(C)c2=O)nc1. The fourth-order valence-corrected chi connectivity index (χ4v) is 4.13. The van der Waals surface area contributed by atoms with Gasteiger partial charge in [-0.2, -0.15) is 0 Å². The standard InChI is InChI=1S/C28H36FN5O2/c1-6-19(4)21(13-14-30)22-10-11-25-23(27(22)29)17-24(28(35)33(25)5)32-26-12-9-20(18-31-26)34(7-2)15-16-36-8-3/h9-14,17-18H,6-8,15-16,30H2,1-5H3,(H,31,32)/b14-13-,21-19-. The highest BCUT2D eigenvalue weighted by molar-refractivity contribution is 5.89. The number of nitrogens with two attached hydrogens (primary N) is 1. The largest absolute Gasteiger partial charge is 0.405 e. The van der Waals surface area contributed by atoms with Gasteiger partial charge in [-0.25, -0.2) is 9.37 Å². The Morgan fingerprint density at radius 3 is 2.64 bits per heavy atom. The van der Waals surface area contributed by atoms with Crippen molar-refractivity contribution in [3.05, 3.63) is 76.1 Å². The van der Waals surface area contributed by atoms with Gasteiger partial charge in [-0.3, -0.25) is 4.79 Å². The molecule has 0 unspecified atom stereocenters. The molecule has 0 aliphatic carbocycles. The predicted octanol–water partition coefficient (Wildman–Crippen LogP) is 5.33. The number of allylic oxidation sites excluding steroid dienone is 3. The zero-order chi connectivity index (χ0) is 26.2. The Labute approximate surface area is 212 Å². The number of pyridine rings is 2. The summed E-state index contributed by atoms with van der Waals surface area (Å²) in [5, 5.41) is 3.42. The second-order valence-electron chi connectivity index (χ2n) is 8.49. The van der Waals surface area contributed by atoms with Crippen LogP contribution in [0.5, 0.6) is 0 Å². The molecule has 0 amide bonds. The molecule has 7 nitrogen and oxygen atoms in total. The molecule has 36 heavy (non-hydrogen) atoms. The van der Waals surface area contributed by atoms with Crippen molar-refractivity contribution in [1.29, 1.82) is 0 Å². The minimum absolute atomic E-state index is 0.247. The third-order valence-electron chi connectivity index (χ3n) is 6.35. The summed E-state index contributed by atoms with van der Waals surface area (Å²) in [7, 11) is 1.64. The molecule has 0 aliphatic heterocycles. The van der Waals surface area contributed by atoms with Gasteiger partial charge in [-0.15, -0.1) is 0 Å². The summed E-state index contributed by atoms with van der Waals surface area (Å²) in [6.45, 7) is 10.9. The summed E-state index contributed by atoms with van der Waals surface area (Å²) in [6, 6.07) is 8.77. The number of halogens is 1. The average molecular weight is 494 g/mol. The van der Waals surface area contributed by atoms with E-state index in [1.165, 1.54) is 10.8 Å². The maximum atomic E-state index is 15.8. The molecule has 0 saturated heterocycles. The van der Waals surface area contributed by atoms with Crippen molar-refractivity contribution < 1.29 is 9.13 Å². The number of rotatable bonds is 11. The Balaban J connectivity index is 1.99. The van der Waals surface area contributed by atoms with Crippen LogP contribution in [-0.2, 0) is 11.8 Å². The minimum Gasteiger partial charge on any atom is -0.405 e. The lowest BCUT2D eigenvalue weighted by atomic mass is 9.96. The first-order valence-corrected chi connectivity index (χ1v) is 12.3. The van der Waals surface area contributed by atoms with E-state index < -0.39 is 5.82 Å². The van der Waals surface area contributed by atoms with Gasteiger partial charge < -0.3 is 25.3 Å². The number of likely N-dealkylation sites (N-methyl/N-ethyl adjacent to an activating group) is 1. The second kappa shape index (κ2) is 12.4. The third-order valence-corrected chi connectivity index (χ3v) is 6.35. The quantitative estimate of drug-likeness (QED) is 0.277. The lowest BCUT2D eigenvalue weighted by molar-refractivity contribution is 0.154. The topological polar surface area (TPSA) is 85.4 Å². The van der Waals surface area contributed by atoms with Crippen LogP contribution in [0.4, 0.5) is 21.6 Å². The third kappa shape index (κ3) is 5.76. The van der Waals surface area contributed by atoms with E-state index in [1.807, 2.05) is 32.9 Å². The highest BCUT2D eigenvalue weighted by Crippen LogP contribution is 2.30. The summed E-state index contributed by atoms with van der Waals surface area (Å²) in [5.74, 6) is 0.101. The Bertz CT molecular complexity index is 1310. The fraction of sp³-hybridized carbons (Fsp3) is 0.357. The van der Waals surface area contributed by atoms with Crippen molar-refractivity contribution in [2.45, 2.75) is 34.1 Å². The van der Waals surface area contributed by atoms with Gasteiger partial charge >= 0.3 is 0 Å². The molecule has 0 fully saturated rings. The minimum atomic E-state index is -0.400. The molecule has 0 radical (unpaired) electrons. The Kier molecular flexibility index (Phi) is 9.25. The molecule has 2 aromatic heterocycles. The van der Waals surface area contributed by atoms with Gasteiger partial charge in [-0.05, 0) is 75.4 Å². The maximum absolute atomic E-state index is 15.8. The molecule has 0 saturated carbocycles. The Hall–Kier alpha value is -3.65. The number of hydrogen-bond acceptors (Lipinski definition) is 6. The molecule has 192 valence electrons. The molecule has 3 rings (SSSR count). The van der Waals surface area contributed by atoms with Crippen LogP contribution in [0.15, 0.2) is 59.2 Å². The maximum Gasteiger partial charge on any atom is 0.274 e. The van der Waals surface area contributed by atoms with Gasteiger partial charge in [0, 0.05) is 37.7 Å². The van der Waals surface area contributed by atoms with Gasteiger partial charge in [-0.1, -0.05) is 12.5 Å². The van der Waals surface area contributed by atoms with Gasteiger partial charge in [0.15, 0.2) is 0 Å². The number of hydrogen-bond donors (Lipinski definition) is 2. The number of nitrogens with one attached hydrogen (secondary N) is 1. The van der Waals surface area contributed by atoms with Crippen LogP contribution in [0.2, 0.25) is 0 Å². The predicted molar refractivity (Wildman–Crippen MR) is 147 cm³/mol. The summed E-state index contributed by atoms with van der Waals surface area (Å²) in [4.78, 5) is 19.7. The van der Waals surface area contributed by atoms with Gasteiger partial charge in [0.1, 0.15) is 17.3 Å². The normalized spacial score (nSPS) is 12.3. The molecule has 1 aromatic carbocycles. The first-order valence-electron chi connectivity index (χ1n) is 12.3. The molecule has 0 atom stereocenters. The van der Waals surface area contributed by atoms with E-state index in [0.717, 1.165) is 36.3 Å². The van der Waals surface area contributed by atoms with Crippen molar-refractivity contribution in [3.63, 3.8) is 0 Å². The van der Waals surface area contributed by atoms with Crippen molar-refractivity contribution >= 4 is 33.7 Å². The number of nitrogens with zero attached hydrogens (tertiary/aromatic N) is 3. The monoisotopic (exact) mass is 493 g/mol. The summed E-state index contributed by atoms with van der Waals surface area (Å²) < 4.78 is 22.7. The number of aryl methyl sites for hydroxylation is 1. The summed E-state index contributed by atoms with van der Waals surface area (Å²) in [5.41, 5.74) is 9.29. The van der Waals surface area contributed by atoms with E-state index in [-0.39, 0.29) is 11.2 Å². The smallest absolute Gasteiger partial charge is 0.274 e. The first-order chi connectivity index (χ1) is 17.4. The molecule has 0 aliphatic rings. The van der Waals surface area contributed by atoms with Crippen LogP contribution in [0.25, 0.3) is 16.5 Å². The summed E-state index contributed by atoms with van der Waals surface area (Å²) >= 11 is 0. The van der Waals surface area contributed by atoms with Gasteiger partial charge in [0.05, 0.1) is 24.0 Å². The van der Waals surface area contributed by atoms with Crippen LogP contribution in [-0.4, -0.2) is 35.9 Å². The first kappa shape index (κ1) is 26.9. The van der Waals surface area contributed by atoms with Crippen molar-refractivity contribution in [1.82, 2.24) is 9.55 Å². The van der Waals surface area contributed by atoms with E-state index >= 15 is 4.39 Å². The van der Waals surface area contributed by atoms with E-state index in [2.05, 4.69) is 22.1 Å². The molecular formula is C28H36FN5O2. The second-order valence-corrected chi connectivity index (χ2v) is 8.49. The van der Waals surface area contributed by atoms with E-state index in [9.17, 15) is 4.79 Å². The highest BCUT2D eigenvalue weighted by Gasteiger charge is 2.16. The number of benzene rings is 1. The molecule has 8 heteroatoms. The van der Waals surface area contributed by atoms with Crippen LogP contribution < -0.4 is 21.5 Å². The molecule has 3 aromatic rings. The Morgan fingerprint density at radius 2 is 2.03 bits per heavy atom. The zero-order valence-corrected chi connectivity index (χ0v) is 21.8. The number of fused-ring (bicyclic) bond motifs is 1. The van der Waals surface area contributed by atoms with E-state index in [4.69, 9.17) is 10.5 Å². The highest BCUT2D eigenvalue weighted by atomic mass is 19.1. The number of ether oxygens (including phenoxy) is 1. The molecule has 0 bridgehead atoms. The van der Waals surface area contributed by atoms with Gasteiger partial charge in [0.25, 0.3) is 5.56 Å². The lowest BCUT2D eigenvalue weighted by Crippen LogP contribution is -2.27. The van der Waals surface area contributed by atoms with E-state index in [0.29, 0.717) is 35.5 Å². The van der Waals surface area contributed by atoms with E-state index in [1.54, 1.807) is 37.5 Å². The van der Waals surface area contributed by atoms with Gasteiger partial charge in [0.2, 0.25) is 0 Å². The fourth-order valence-electron chi connectivity index (χ4n) is 4.13. The summed E-state index contributed by atoms with van der Waals surface area (Å²) in [6.07, 6.45) is 5.65. The lowest BCUT2D eigenvalue weighted by Gasteiger charge is -2.22. The molecule has 0 spiro atoms. The Morgan fingerprint density at radius 1 is 1.25 bits per heavy atom. The zero-order valence-electron chi connectivity index (χ0n) is 21.8. The molecule has 2 heterocycles.